The molecule has 0 bridgehead atoms. The molecule has 1 saturated heterocycles. The standard InChI is InChI=1S/C8H18BN3/c1-10-4-5-11(2)7-6-12(3)8(7)9/h7-8,10H,4-6H2,1-3H3. The van der Waals surface area contributed by atoms with Crippen LogP contribution in [0.1, 0.15) is 0 Å². The van der Waals surface area contributed by atoms with Crippen molar-refractivity contribution in [1.82, 2.24) is 15.1 Å². The van der Waals surface area contributed by atoms with Crippen LogP contribution in [0.2, 0.25) is 0 Å². The Morgan fingerprint density at radius 3 is 2.75 bits per heavy atom. The fourth-order valence-corrected chi connectivity index (χ4v) is 1.53. The van der Waals surface area contributed by atoms with Crippen molar-refractivity contribution in [1.29, 1.82) is 0 Å². The molecule has 12 heavy (non-hydrogen) atoms. The van der Waals surface area contributed by atoms with Crippen LogP contribution in [-0.4, -0.2) is 70.4 Å². The predicted octanol–water partition coefficient (Wildman–Crippen LogP) is -1.05. The summed E-state index contributed by atoms with van der Waals surface area (Å²) >= 11 is 0. The van der Waals surface area contributed by atoms with E-state index >= 15 is 0 Å². The van der Waals surface area contributed by atoms with Gasteiger partial charge in [-0.05, 0) is 27.1 Å². The number of likely N-dealkylation sites (tertiary alicyclic amines) is 1. The first-order chi connectivity index (χ1) is 5.66. The van der Waals surface area contributed by atoms with Crippen LogP contribution in [0, 0.1) is 0 Å². The third kappa shape index (κ3) is 2.00. The van der Waals surface area contributed by atoms with Crippen LogP contribution >= 0.6 is 0 Å². The van der Waals surface area contributed by atoms with Gasteiger partial charge in [-0.15, -0.1) is 0 Å². The maximum absolute atomic E-state index is 5.90. The Labute approximate surface area is 76.5 Å². The van der Waals surface area contributed by atoms with Crippen molar-refractivity contribution in [2.45, 2.75) is 12.0 Å². The molecule has 0 spiro atoms. The van der Waals surface area contributed by atoms with Crippen LogP contribution in [0.4, 0.5) is 0 Å². The third-order valence-corrected chi connectivity index (χ3v) is 2.66. The number of nitrogens with one attached hydrogen (secondary N) is 1. The smallest absolute Gasteiger partial charge is 0.0932 e. The molecule has 3 nitrogen and oxygen atoms in total. The van der Waals surface area contributed by atoms with Gasteiger partial charge in [-0.2, -0.15) is 0 Å². The molecule has 1 aliphatic heterocycles. The van der Waals surface area contributed by atoms with Gasteiger partial charge in [0.1, 0.15) is 0 Å². The lowest BCUT2D eigenvalue weighted by molar-refractivity contribution is 0.0463. The molecule has 0 aliphatic carbocycles. The van der Waals surface area contributed by atoms with E-state index in [0.29, 0.717) is 6.04 Å². The van der Waals surface area contributed by atoms with E-state index in [9.17, 15) is 0 Å². The SMILES string of the molecule is [B]C1C(N(C)CCNC)CN1C. The molecule has 4 heteroatoms. The minimum Gasteiger partial charge on any atom is -0.318 e. The molecule has 2 atom stereocenters. The Bertz CT molecular complexity index is 142. The molecule has 0 aromatic heterocycles. The first-order valence-electron chi connectivity index (χ1n) is 4.47. The van der Waals surface area contributed by atoms with E-state index < -0.39 is 0 Å². The molecule has 68 valence electrons. The number of hydrogen-bond acceptors (Lipinski definition) is 3. The van der Waals surface area contributed by atoms with Gasteiger partial charge in [0.15, 0.2) is 0 Å². The van der Waals surface area contributed by atoms with Crippen LogP contribution < -0.4 is 5.32 Å². The zero-order valence-electron chi connectivity index (χ0n) is 8.25. The van der Waals surface area contributed by atoms with Crippen molar-refractivity contribution >= 4 is 7.85 Å². The van der Waals surface area contributed by atoms with E-state index in [1.165, 1.54) is 0 Å². The maximum Gasteiger partial charge on any atom is 0.0932 e. The summed E-state index contributed by atoms with van der Waals surface area (Å²) in [5.74, 6) is 0.229. The number of hydrogen-bond donors (Lipinski definition) is 1. The van der Waals surface area contributed by atoms with Crippen molar-refractivity contribution < 1.29 is 0 Å². The Kier molecular flexibility index (Phi) is 3.56. The highest BCUT2D eigenvalue weighted by atomic mass is 15.3. The minimum atomic E-state index is 0.229. The fraction of sp³-hybridized carbons (Fsp3) is 1.00. The summed E-state index contributed by atoms with van der Waals surface area (Å²) in [4.78, 5) is 4.49. The molecule has 2 unspecified atom stereocenters. The zero-order chi connectivity index (χ0) is 9.14. The van der Waals surface area contributed by atoms with Gasteiger partial charge in [0.05, 0.1) is 7.85 Å². The average Bonchev–Trinajstić information content (AvgIpc) is 2.09. The predicted molar refractivity (Wildman–Crippen MR) is 52.5 cm³/mol. The Morgan fingerprint density at radius 2 is 2.33 bits per heavy atom. The van der Waals surface area contributed by atoms with Gasteiger partial charge >= 0.3 is 0 Å². The molecule has 0 aromatic carbocycles. The second-order valence-electron chi connectivity index (χ2n) is 3.58. The van der Waals surface area contributed by atoms with Gasteiger partial charge in [-0.25, -0.2) is 0 Å². The van der Waals surface area contributed by atoms with Crippen molar-refractivity contribution in [2.75, 3.05) is 40.8 Å². The van der Waals surface area contributed by atoms with Crippen LogP contribution in [0.5, 0.6) is 0 Å². The van der Waals surface area contributed by atoms with Crippen LogP contribution in [0.3, 0.4) is 0 Å². The number of rotatable bonds is 4. The van der Waals surface area contributed by atoms with Crippen molar-refractivity contribution in [3.63, 3.8) is 0 Å². The molecule has 1 N–H and O–H groups in total. The van der Waals surface area contributed by atoms with Gasteiger partial charge in [0, 0.05) is 25.7 Å². The van der Waals surface area contributed by atoms with E-state index in [4.69, 9.17) is 7.85 Å². The van der Waals surface area contributed by atoms with Gasteiger partial charge in [0.25, 0.3) is 0 Å². The second-order valence-corrected chi connectivity index (χ2v) is 3.58. The summed E-state index contributed by atoms with van der Waals surface area (Å²) in [5, 5.41) is 3.13. The minimum absolute atomic E-state index is 0.229. The molecular weight excluding hydrogens is 149 g/mol. The highest BCUT2D eigenvalue weighted by Gasteiger charge is 2.34. The number of likely N-dealkylation sites (N-methyl/N-ethyl adjacent to an activating group) is 3. The van der Waals surface area contributed by atoms with Gasteiger partial charge in [0.2, 0.25) is 0 Å². The molecule has 1 heterocycles. The van der Waals surface area contributed by atoms with Crippen LogP contribution in [0.25, 0.3) is 0 Å². The molecule has 1 fully saturated rings. The maximum atomic E-state index is 5.90. The molecule has 0 amide bonds. The molecule has 1 aliphatic rings. The Hall–Kier alpha value is -0.0551. The quantitative estimate of drug-likeness (QED) is 0.539. The highest BCUT2D eigenvalue weighted by Crippen LogP contribution is 2.16. The molecule has 2 radical (unpaired) electrons. The number of nitrogens with zero attached hydrogens (tertiary/aromatic N) is 2. The topological polar surface area (TPSA) is 18.5 Å². The molecule has 0 saturated carbocycles. The summed E-state index contributed by atoms with van der Waals surface area (Å²) in [6.45, 7) is 3.20. The van der Waals surface area contributed by atoms with Crippen molar-refractivity contribution in [2.24, 2.45) is 0 Å². The van der Waals surface area contributed by atoms with E-state index in [1.54, 1.807) is 0 Å². The van der Waals surface area contributed by atoms with Crippen LogP contribution in [-0.2, 0) is 0 Å². The van der Waals surface area contributed by atoms with Gasteiger partial charge in [-0.3, -0.25) is 0 Å². The summed E-state index contributed by atoms with van der Waals surface area (Å²) in [5.41, 5.74) is 0. The zero-order valence-corrected chi connectivity index (χ0v) is 8.25. The van der Waals surface area contributed by atoms with Crippen molar-refractivity contribution in [3.05, 3.63) is 0 Å². The van der Waals surface area contributed by atoms with Gasteiger partial charge < -0.3 is 15.1 Å². The summed E-state index contributed by atoms with van der Waals surface area (Å²) in [7, 11) is 12.1. The lowest BCUT2D eigenvalue weighted by atomic mass is 9.80. The summed E-state index contributed by atoms with van der Waals surface area (Å²) < 4.78 is 0. The molecular formula is C8H18BN3. The fourth-order valence-electron chi connectivity index (χ4n) is 1.53. The molecule has 0 aromatic rings. The average molecular weight is 167 g/mol. The van der Waals surface area contributed by atoms with E-state index in [0.717, 1.165) is 19.6 Å². The van der Waals surface area contributed by atoms with E-state index in [1.807, 2.05) is 7.05 Å². The normalized spacial score (nSPS) is 30.7. The first-order valence-corrected chi connectivity index (χ1v) is 4.47. The van der Waals surface area contributed by atoms with Crippen LogP contribution in [0.15, 0.2) is 0 Å². The second kappa shape index (κ2) is 4.26. The highest BCUT2D eigenvalue weighted by molar-refractivity contribution is 6.12. The Morgan fingerprint density at radius 1 is 1.67 bits per heavy atom. The van der Waals surface area contributed by atoms with E-state index in [-0.39, 0.29) is 5.94 Å². The Balaban J connectivity index is 2.20. The third-order valence-electron chi connectivity index (χ3n) is 2.66. The largest absolute Gasteiger partial charge is 0.318 e. The lowest BCUT2D eigenvalue weighted by Crippen LogP contribution is -2.65. The molecule has 1 rings (SSSR count). The van der Waals surface area contributed by atoms with E-state index in [2.05, 4.69) is 29.2 Å². The summed E-state index contributed by atoms with van der Waals surface area (Å²) in [6, 6.07) is 0.545. The monoisotopic (exact) mass is 167 g/mol. The lowest BCUT2D eigenvalue weighted by Gasteiger charge is -2.49. The van der Waals surface area contributed by atoms with Crippen molar-refractivity contribution in [3.8, 4) is 0 Å². The van der Waals surface area contributed by atoms with Gasteiger partial charge in [-0.1, -0.05) is 0 Å². The summed E-state index contributed by atoms with van der Waals surface area (Å²) in [6.07, 6.45) is 0. The first kappa shape index (κ1) is 10.0.